The number of hydrogen-bond donors (Lipinski definition) is 0. The van der Waals surface area contributed by atoms with Crippen LogP contribution in [0.1, 0.15) is 36.7 Å². The predicted molar refractivity (Wildman–Crippen MR) is 76.3 cm³/mol. The molecule has 0 unspecified atom stereocenters. The minimum Gasteiger partial charge on any atom is -0.461 e. The van der Waals surface area contributed by atoms with Gasteiger partial charge in [-0.2, -0.15) is 0 Å². The summed E-state index contributed by atoms with van der Waals surface area (Å²) in [5.41, 5.74) is 2.02. The Bertz CT molecular complexity index is 433. The van der Waals surface area contributed by atoms with Gasteiger partial charge in [-0.05, 0) is 30.7 Å². The predicted octanol–water partition coefficient (Wildman–Crippen LogP) is 2.75. The smallest absolute Gasteiger partial charge is 0.338 e. The first-order chi connectivity index (χ1) is 9.06. The third-order valence-electron chi connectivity index (χ3n) is 3.81. The molecule has 1 saturated heterocycles. The van der Waals surface area contributed by atoms with Crippen LogP contribution >= 0.6 is 0 Å². The Morgan fingerprint density at radius 1 is 1.26 bits per heavy atom. The molecule has 0 amide bonds. The SMILES string of the molecule is CCc1ccc(C(=O)OCC2(C)CN(CC)C2)cc1. The Morgan fingerprint density at radius 3 is 2.42 bits per heavy atom. The Kier molecular flexibility index (Phi) is 4.25. The lowest BCUT2D eigenvalue weighted by molar-refractivity contribution is -0.0375. The first-order valence-corrected chi connectivity index (χ1v) is 7.05. The normalized spacial score (nSPS) is 17.8. The van der Waals surface area contributed by atoms with Gasteiger partial charge in [0.25, 0.3) is 0 Å². The van der Waals surface area contributed by atoms with Crippen LogP contribution in [0.3, 0.4) is 0 Å². The van der Waals surface area contributed by atoms with Crippen molar-refractivity contribution in [3.63, 3.8) is 0 Å². The van der Waals surface area contributed by atoms with Gasteiger partial charge in [0.05, 0.1) is 12.2 Å². The summed E-state index contributed by atoms with van der Waals surface area (Å²) < 4.78 is 5.44. The lowest BCUT2D eigenvalue weighted by Gasteiger charge is -2.47. The molecule has 0 saturated carbocycles. The highest BCUT2D eigenvalue weighted by Gasteiger charge is 2.38. The molecule has 1 aromatic rings. The number of carbonyl (C=O) groups is 1. The zero-order chi connectivity index (χ0) is 13.9. The number of benzene rings is 1. The van der Waals surface area contributed by atoms with E-state index in [0.717, 1.165) is 26.1 Å². The van der Waals surface area contributed by atoms with Crippen LogP contribution in [0.4, 0.5) is 0 Å². The molecule has 1 aliphatic rings. The highest BCUT2D eigenvalue weighted by atomic mass is 16.5. The van der Waals surface area contributed by atoms with Crippen molar-refractivity contribution in [2.24, 2.45) is 5.41 Å². The number of rotatable bonds is 5. The lowest BCUT2D eigenvalue weighted by atomic mass is 9.83. The van der Waals surface area contributed by atoms with Crippen molar-refractivity contribution < 1.29 is 9.53 Å². The number of hydrogen-bond acceptors (Lipinski definition) is 3. The molecule has 0 radical (unpaired) electrons. The molecule has 3 nitrogen and oxygen atoms in total. The van der Waals surface area contributed by atoms with Crippen molar-refractivity contribution in [2.45, 2.75) is 27.2 Å². The van der Waals surface area contributed by atoms with Gasteiger partial charge in [0.15, 0.2) is 0 Å². The lowest BCUT2D eigenvalue weighted by Crippen LogP contribution is -2.56. The highest BCUT2D eigenvalue weighted by molar-refractivity contribution is 5.89. The van der Waals surface area contributed by atoms with E-state index in [0.29, 0.717) is 12.2 Å². The zero-order valence-corrected chi connectivity index (χ0v) is 12.1. The quantitative estimate of drug-likeness (QED) is 0.763. The van der Waals surface area contributed by atoms with Gasteiger partial charge in [-0.1, -0.05) is 32.9 Å². The summed E-state index contributed by atoms with van der Waals surface area (Å²) in [4.78, 5) is 14.3. The molecule has 1 fully saturated rings. The molecule has 0 bridgehead atoms. The largest absolute Gasteiger partial charge is 0.461 e. The molecular weight excluding hydrogens is 238 g/mol. The fourth-order valence-electron chi connectivity index (χ4n) is 2.55. The average molecular weight is 261 g/mol. The van der Waals surface area contributed by atoms with E-state index in [1.165, 1.54) is 5.56 Å². The molecule has 19 heavy (non-hydrogen) atoms. The monoisotopic (exact) mass is 261 g/mol. The van der Waals surface area contributed by atoms with Crippen LogP contribution in [0.5, 0.6) is 0 Å². The fourth-order valence-corrected chi connectivity index (χ4v) is 2.55. The molecule has 0 N–H and O–H groups in total. The number of aryl methyl sites for hydroxylation is 1. The van der Waals surface area contributed by atoms with Gasteiger partial charge in [-0.15, -0.1) is 0 Å². The molecule has 0 spiro atoms. The van der Waals surface area contributed by atoms with Gasteiger partial charge >= 0.3 is 5.97 Å². The first-order valence-electron chi connectivity index (χ1n) is 7.05. The van der Waals surface area contributed by atoms with E-state index < -0.39 is 0 Å². The minimum atomic E-state index is -0.209. The van der Waals surface area contributed by atoms with E-state index in [9.17, 15) is 4.79 Å². The van der Waals surface area contributed by atoms with Crippen molar-refractivity contribution in [3.8, 4) is 0 Å². The maximum atomic E-state index is 11.9. The van der Waals surface area contributed by atoms with E-state index in [-0.39, 0.29) is 11.4 Å². The molecule has 3 heteroatoms. The van der Waals surface area contributed by atoms with Gasteiger partial charge in [0.1, 0.15) is 0 Å². The number of carbonyl (C=O) groups excluding carboxylic acids is 1. The van der Waals surface area contributed by atoms with Crippen LogP contribution in [0, 0.1) is 5.41 Å². The second kappa shape index (κ2) is 5.74. The number of likely N-dealkylation sites (tertiary alicyclic amines) is 1. The van der Waals surface area contributed by atoms with E-state index in [1.807, 2.05) is 24.3 Å². The summed E-state index contributed by atoms with van der Waals surface area (Å²) in [6.45, 7) is 10.1. The molecule has 0 aromatic heterocycles. The van der Waals surface area contributed by atoms with E-state index in [1.54, 1.807) is 0 Å². The summed E-state index contributed by atoms with van der Waals surface area (Å²) >= 11 is 0. The van der Waals surface area contributed by atoms with Crippen LogP contribution in [0.25, 0.3) is 0 Å². The first kappa shape index (κ1) is 14.1. The van der Waals surface area contributed by atoms with Crippen molar-refractivity contribution in [1.29, 1.82) is 0 Å². The topological polar surface area (TPSA) is 29.5 Å². The zero-order valence-electron chi connectivity index (χ0n) is 12.1. The molecule has 104 valence electrons. The second-order valence-electron chi connectivity index (χ2n) is 5.74. The van der Waals surface area contributed by atoms with Crippen molar-refractivity contribution >= 4 is 5.97 Å². The van der Waals surface area contributed by atoms with Crippen molar-refractivity contribution in [2.75, 3.05) is 26.2 Å². The molecule has 1 aromatic carbocycles. The third kappa shape index (κ3) is 3.35. The summed E-state index contributed by atoms with van der Waals surface area (Å²) in [7, 11) is 0. The highest BCUT2D eigenvalue weighted by Crippen LogP contribution is 2.29. The van der Waals surface area contributed by atoms with Crippen LogP contribution in [0.2, 0.25) is 0 Å². The molecular formula is C16H23NO2. The van der Waals surface area contributed by atoms with Crippen LogP contribution in [0.15, 0.2) is 24.3 Å². The number of esters is 1. The van der Waals surface area contributed by atoms with Crippen LogP contribution in [-0.2, 0) is 11.2 Å². The summed E-state index contributed by atoms with van der Waals surface area (Å²) in [6, 6.07) is 7.67. The number of ether oxygens (including phenoxy) is 1. The van der Waals surface area contributed by atoms with Crippen LogP contribution in [-0.4, -0.2) is 37.1 Å². The van der Waals surface area contributed by atoms with Crippen molar-refractivity contribution in [1.82, 2.24) is 4.90 Å². The van der Waals surface area contributed by atoms with Gasteiger partial charge in [0, 0.05) is 18.5 Å². The molecule has 2 rings (SSSR count). The maximum Gasteiger partial charge on any atom is 0.338 e. The van der Waals surface area contributed by atoms with Gasteiger partial charge in [0.2, 0.25) is 0 Å². The Balaban J connectivity index is 1.84. The van der Waals surface area contributed by atoms with E-state index in [4.69, 9.17) is 4.74 Å². The Hall–Kier alpha value is -1.35. The van der Waals surface area contributed by atoms with E-state index >= 15 is 0 Å². The summed E-state index contributed by atoms with van der Waals surface area (Å²) in [6.07, 6.45) is 0.986. The van der Waals surface area contributed by atoms with Crippen molar-refractivity contribution in [3.05, 3.63) is 35.4 Å². The molecule has 0 aliphatic carbocycles. The molecule has 1 aliphatic heterocycles. The van der Waals surface area contributed by atoms with Gasteiger partial charge < -0.3 is 9.64 Å². The minimum absolute atomic E-state index is 0.134. The molecule has 0 atom stereocenters. The number of nitrogens with zero attached hydrogens (tertiary/aromatic N) is 1. The summed E-state index contributed by atoms with van der Waals surface area (Å²) in [5.74, 6) is -0.209. The van der Waals surface area contributed by atoms with E-state index in [2.05, 4.69) is 25.7 Å². The Morgan fingerprint density at radius 2 is 1.89 bits per heavy atom. The van der Waals surface area contributed by atoms with Crippen LogP contribution < -0.4 is 0 Å². The van der Waals surface area contributed by atoms with Gasteiger partial charge in [-0.3, -0.25) is 0 Å². The molecule has 1 heterocycles. The maximum absolute atomic E-state index is 11.9. The summed E-state index contributed by atoms with van der Waals surface area (Å²) in [5, 5.41) is 0. The standard InChI is InChI=1S/C16H23NO2/c1-4-13-6-8-14(9-7-13)15(18)19-12-16(3)10-17(5-2)11-16/h6-9H,4-5,10-12H2,1-3H3. The second-order valence-corrected chi connectivity index (χ2v) is 5.74. The average Bonchev–Trinajstić information content (AvgIpc) is 2.41. The fraction of sp³-hybridized carbons (Fsp3) is 0.562. The Labute approximate surface area is 115 Å². The van der Waals surface area contributed by atoms with Gasteiger partial charge in [-0.25, -0.2) is 4.79 Å². The third-order valence-corrected chi connectivity index (χ3v) is 3.81.